The third-order valence-corrected chi connectivity index (χ3v) is 8.58. The number of aromatic hydroxyl groups is 1. The third-order valence-electron chi connectivity index (χ3n) is 8.58. The second-order valence-electron chi connectivity index (χ2n) is 11.3. The Morgan fingerprint density at radius 2 is 1.70 bits per heavy atom. The van der Waals surface area contributed by atoms with Crippen molar-refractivity contribution in [3.63, 3.8) is 0 Å². The number of ether oxygens (including phenoxy) is 2. The number of methoxy groups -OCH3 is 2. The highest BCUT2D eigenvalue weighted by atomic mass is 16.5. The molecule has 0 saturated carbocycles. The summed E-state index contributed by atoms with van der Waals surface area (Å²) in [4.78, 5) is 38.3. The van der Waals surface area contributed by atoms with E-state index in [1.165, 1.54) is 32.8 Å². The number of allylic oxidation sites excluding steroid dienone is 3. The minimum atomic E-state index is -2.77. The van der Waals surface area contributed by atoms with Crippen LogP contribution in [-0.2, 0) is 24.5 Å². The van der Waals surface area contributed by atoms with Gasteiger partial charge in [0.15, 0.2) is 5.60 Å². The summed E-state index contributed by atoms with van der Waals surface area (Å²) in [6, 6.07) is 1.48. The van der Waals surface area contributed by atoms with Crippen LogP contribution in [0.1, 0.15) is 84.4 Å². The zero-order valence-corrected chi connectivity index (χ0v) is 25.2. The molecular weight excluding hydrogens is 514 g/mol. The number of phenols is 1. The third kappa shape index (κ3) is 5.03. The summed E-state index contributed by atoms with van der Waals surface area (Å²) in [5.41, 5.74) is 3.54. The van der Waals surface area contributed by atoms with E-state index in [-0.39, 0.29) is 28.1 Å². The molecule has 2 atom stereocenters. The average Bonchev–Trinajstić information content (AvgIpc) is 2.85. The van der Waals surface area contributed by atoms with Crippen molar-refractivity contribution in [1.82, 2.24) is 0 Å². The zero-order chi connectivity index (χ0) is 31.0. The number of carbonyl (C=O) groups is 3. The van der Waals surface area contributed by atoms with E-state index in [0.717, 1.165) is 38.7 Å². The van der Waals surface area contributed by atoms with Crippen LogP contribution >= 0.6 is 0 Å². The molecule has 220 valence electrons. The Bertz CT molecular complexity index is 1330. The predicted molar refractivity (Wildman–Crippen MR) is 153 cm³/mol. The normalized spacial score (nSPS) is 21.3. The minimum absolute atomic E-state index is 0.0659. The molecule has 5 N–H and O–H groups in total. The van der Waals surface area contributed by atoms with Crippen LogP contribution in [0.3, 0.4) is 0 Å². The average molecular weight is 558 g/mol. The number of hydrogen-bond donors (Lipinski definition) is 4. The lowest BCUT2D eigenvalue weighted by molar-refractivity contribution is -0.144. The molecule has 1 amide bonds. The second kappa shape index (κ2) is 11.5. The topological polar surface area (TPSA) is 156 Å². The Kier molecular flexibility index (Phi) is 9.37. The first kappa shape index (κ1) is 32.6. The van der Waals surface area contributed by atoms with Gasteiger partial charge in [0.05, 0.1) is 19.8 Å². The fourth-order valence-corrected chi connectivity index (χ4v) is 6.50. The van der Waals surface area contributed by atoms with Crippen LogP contribution in [-0.4, -0.2) is 52.6 Å². The summed E-state index contributed by atoms with van der Waals surface area (Å²) in [7, 11) is 2.84. The highest BCUT2D eigenvalue weighted by Crippen LogP contribution is 2.59. The number of amides is 1. The summed E-state index contributed by atoms with van der Waals surface area (Å²) in [6.07, 6.45) is 4.81. The predicted octanol–water partition coefficient (Wildman–Crippen LogP) is 4.71. The number of nitrogens with two attached hydrogens (primary N) is 1. The van der Waals surface area contributed by atoms with E-state index < -0.39 is 39.8 Å². The summed E-state index contributed by atoms with van der Waals surface area (Å²) in [6.45, 7) is 13.7. The number of aliphatic hydroxyl groups is 2. The van der Waals surface area contributed by atoms with E-state index in [9.17, 15) is 29.7 Å². The number of carbonyl (C=O) groups excluding carboxylic acids is 3. The quantitative estimate of drug-likeness (QED) is 0.106. The van der Waals surface area contributed by atoms with Crippen LogP contribution in [0.15, 0.2) is 34.6 Å². The Hall–Kier alpha value is -3.59. The SMILES string of the molecule is CC[C@@]1(c2c(OC)cc(O)c(/C(OC)=C(\C)C(=O)C(C)(O)C(=O)/C(C(N)=O)=C(\C)O)c2C)C(C)=CCCC1(C)C. The summed E-state index contributed by atoms with van der Waals surface area (Å²) >= 11 is 0. The van der Waals surface area contributed by atoms with Gasteiger partial charge < -0.3 is 30.5 Å². The van der Waals surface area contributed by atoms with Gasteiger partial charge in [-0.1, -0.05) is 32.4 Å². The van der Waals surface area contributed by atoms with Gasteiger partial charge in [-0.3, -0.25) is 14.4 Å². The van der Waals surface area contributed by atoms with Crippen molar-refractivity contribution < 1.29 is 39.2 Å². The van der Waals surface area contributed by atoms with Crippen molar-refractivity contribution in [3.05, 3.63) is 51.3 Å². The summed E-state index contributed by atoms with van der Waals surface area (Å²) in [5.74, 6) is -4.27. The molecule has 0 bridgehead atoms. The lowest BCUT2D eigenvalue weighted by Gasteiger charge is -2.52. The van der Waals surface area contributed by atoms with Crippen molar-refractivity contribution in [2.24, 2.45) is 11.1 Å². The molecule has 1 aromatic rings. The van der Waals surface area contributed by atoms with Gasteiger partial charge in [0.25, 0.3) is 5.91 Å². The Labute approximate surface area is 236 Å². The first-order chi connectivity index (χ1) is 18.4. The van der Waals surface area contributed by atoms with Crippen LogP contribution in [0.25, 0.3) is 5.76 Å². The number of benzene rings is 1. The maximum atomic E-state index is 13.6. The molecule has 0 heterocycles. The Balaban J connectivity index is 2.95. The largest absolute Gasteiger partial charge is 0.512 e. The van der Waals surface area contributed by atoms with Gasteiger partial charge in [0, 0.05) is 22.6 Å². The van der Waals surface area contributed by atoms with Gasteiger partial charge in [-0.25, -0.2) is 0 Å². The molecule has 1 unspecified atom stereocenters. The van der Waals surface area contributed by atoms with Crippen LogP contribution < -0.4 is 10.5 Å². The monoisotopic (exact) mass is 557 g/mol. The first-order valence-electron chi connectivity index (χ1n) is 13.2. The van der Waals surface area contributed by atoms with Crippen molar-refractivity contribution in [3.8, 4) is 11.5 Å². The molecular formula is C31H43NO8. The van der Waals surface area contributed by atoms with Crippen molar-refractivity contribution in [1.29, 1.82) is 0 Å². The molecule has 1 aliphatic rings. The molecule has 1 aliphatic carbocycles. The number of primary amides is 1. The highest BCUT2D eigenvalue weighted by molar-refractivity contribution is 6.31. The second-order valence-corrected chi connectivity index (χ2v) is 11.3. The maximum Gasteiger partial charge on any atom is 0.255 e. The molecule has 2 rings (SSSR count). The summed E-state index contributed by atoms with van der Waals surface area (Å²) < 4.78 is 11.4. The van der Waals surface area contributed by atoms with Crippen molar-refractivity contribution in [2.45, 2.75) is 85.7 Å². The molecule has 1 aromatic carbocycles. The fourth-order valence-electron chi connectivity index (χ4n) is 6.50. The number of ketones is 2. The molecule has 0 aromatic heterocycles. The Morgan fingerprint density at radius 1 is 1.12 bits per heavy atom. The standard InChI is InChI=1S/C31H43NO8/c1-11-31(16(2)13-12-14-29(31,6)7)24-17(3)22(20(34)15-21(24)39-9)25(40-10)18(4)26(35)30(8,38)27(36)23(19(5)33)28(32)37/h13,15,33-34,38H,11-12,14H2,1-10H3,(H2,32,37)/b23-19-,25-18-/t30?,31-/m0/s1. The molecule has 9 heteroatoms. The van der Waals surface area contributed by atoms with Gasteiger partial charge in [-0.05, 0) is 64.9 Å². The van der Waals surface area contributed by atoms with E-state index in [0.29, 0.717) is 11.3 Å². The molecule has 0 saturated heterocycles. The molecule has 0 spiro atoms. The number of aliphatic hydroxyl groups excluding tert-OH is 1. The molecule has 0 aliphatic heterocycles. The van der Waals surface area contributed by atoms with E-state index in [1.807, 2.05) is 6.92 Å². The first-order valence-corrected chi connectivity index (χ1v) is 13.2. The van der Waals surface area contributed by atoms with E-state index in [2.05, 4.69) is 33.8 Å². The lowest BCUT2D eigenvalue weighted by atomic mass is 9.52. The van der Waals surface area contributed by atoms with Crippen LogP contribution in [0.5, 0.6) is 11.5 Å². The van der Waals surface area contributed by atoms with Gasteiger partial charge >= 0.3 is 0 Å². The molecule has 40 heavy (non-hydrogen) atoms. The van der Waals surface area contributed by atoms with Gasteiger partial charge in [-0.2, -0.15) is 0 Å². The number of hydrogen-bond acceptors (Lipinski definition) is 8. The van der Waals surface area contributed by atoms with E-state index in [4.69, 9.17) is 15.2 Å². The van der Waals surface area contributed by atoms with Crippen LogP contribution in [0, 0.1) is 12.3 Å². The molecule has 9 nitrogen and oxygen atoms in total. The smallest absolute Gasteiger partial charge is 0.255 e. The number of rotatable bonds is 10. The Morgan fingerprint density at radius 3 is 2.12 bits per heavy atom. The van der Waals surface area contributed by atoms with Crippen LogP contribution in [0.2, 0.25) is 0 Å². The van der Waals surface area contributed by atoms with E-state index >= 15 is 0 Å². The molecule has 0 radical (unpaired) electrons. The fraction of sp³-hybridized carbons (Fsp3) is 0.516. The highest BCUT2D eigenvalue weighted by Gasteiger charge is 2.51. The zero-order valence-electron chi connectivity index (χ0n) is 25.2. The summed E-state index contributed by atoms with van der Waals surface area (Å²) in [5, 5.41) is 32.0. The van der Waals surface area contributed by atoms with Crippen molar-refractivity contribution in [2.75, 3.05) is 14.2 Å². The van der Waals surface area contributed by atoms with Gasteiger partial charge in [0.2, 0.25) is 11.6 Å². The van der Waals surface area contributed by atoms with E-state index in [1.54, 1.807) is 0 Å². The number of Topliss-reactive ketones (excluding diaryl/α,β-unsaturated/α-hetero) is 2. The van der Waals surface area contributed by atoms with Gasteiger partial charge in [0.1, 0.15) is 28.6 Å². The molecule has 0 fully saturated rings. The lowest BCUT2D eigenvalue weighted by Crippen LogP contribution is -2.47. The maximum absolute atomic E-state index is 13.6. The van der Waals surface area contributed by atoms with Gasteiger partial charge in [-0.15, -0.1) is 0 Å². The minimum Gasteiger partial charge on any atom is -0.512 e. The van der Waals surface area contributed by atoms with Crippen LogP contribution in [0.4, 0.5) is 0 Å². The van der Waals surface area contributed by atoms with Crippen molar-refractivity contribution >= 4 is 23.2 Å². The number of phenolic OH excluding ortho intramolecular Hbond substituents is 1.